The molecule has 2 saturated heterocycles. The first kappa shape index (κ1) is 11.7. The highest BCUT2D eigenvalue weighted by Crippen LogP contribution is 2.51. The summed E-state index contributed by atoms with van der Waals surface area (Å²) in [6.45, 7) is 0.793. The Labute approximate surface area is 115 Å². The van der Waals surface area contributed by atoms with Crippen molar-refractivity contribution >= 4 is 12.0 Å². The quantitative estimate of drug-likeness (QED) is 0.600. The van der Waals surface area contributed by atoms with Crippen molar-refractivity contribution in [2.24, 2.45) is 0 Å². The van der Waals surface area contributed by atoms with Gasteiger partial charge in [0.2, 0.25) is 5.72 Å². The van der Waals surface area contributed by atoms with Crippen LogP contribution in [0.3, 0.4) is 0 Å². The largest absolute Gasteiger partial charge is 0.377 e. The molecule has 4 rings (SSSR count). The molecular weight excluding hydrogens is 261 g/mol. The second kappa shape index (κ2) is 3.96. The van der Waals surface area contributed by atoms with E-state index in [2.05, 4.69) is 10.8 Å². The van der Waals surface area contributed by atoms with Gasteiger partial charge in [-0.3, -0.25) is 4.79 Å². The lowest BCUT2D eigenvalue weighted by Gasteiger charge is -2.41. The number of hydroxylamine groups is 1. The number of allylic oxidation sites excluding steroid dienone is 1. The van der Waals surface area contributed by atoms with E-state index in [0.717, 1.165) is 36.9 Å². The molecule has 0 amide bonds. The third-order valence-electron chi connectivity index (χ3n) is 4.27. The van der Waals surface area contributed by atoms with Crippen LogP contribution in [0, 0.1) is 5.82 Å². The Balaban J connectivity index is 1.87. The van der Waals surface area contributed by atoms with Crippen molar-refractivity contribution in [2.45, 2.75) is 24.6 Å². The molecule has 2 atom stereocenters. The van der Waals surface area contributed by atoms with Gasteiger partial charge in [0.25, 0.3) is 0 Å². The van der Waals surface area contributed by atoms with E-state index in [0.29, 0.717) is 5.82 Å². The number of halogens is 1. The molecule has 0 radical (unpaired) electrons. The molecule has 20 heavy (non-hydrogen) atoms. The van der Waals surface area contributed by atoms with Crippen LogP contribution < -0.4 is 10.8 Å². The van der Waals surface area contributed by atoms with E-state index in [1.807, 2.05) is 4.90 Å². The summed E-state index contributed by atoms with van der Waals surface area (Å²) in [4.78, 5) is 18.7. The second-order valence-electron chi connectivity index (χ2n) is 5.27. The van der Waals surface area contributed by atoms with Crippen LogP contribution in [0.15, 0.2) is 30.1 Å². The minimum absolute atomic E-state index is 0.0399. The first-order chi connectivity index (χ1) is 9.75. The molecule has 3 heterocycles. The zero-order valence-electron chi connectivity index (χ0n) is 10.7. The van der Waals surface area contributed by atoms with E-state index in [4.69, 9.17) is 4.84 Å². The van der Waals surface area contributed by atoms with E-state index < -0.39 is 5.72 Å². The number of nitrogens with zero attached hydrogens (tertiary/aromatic N) is 1. The lowest BCUT2D eigenvalue weighted by molar-refractivity contribution is -0.139. The number of aldehydes is 1. The van der Waals surface area contributed by atoms with Crippen LogP contribution in [0.4, 0.5) is 10.1 Å². The smallest absolute Gasteiger partial charge is 0.216 e. The predicted octanol–water partition coefficient (Wildman–Crippen LogP) is 1.44. The summed E-state index contributed by atoms with van der Waals surface area (Å²) in [6.07, 6.45) is 4.11. The summed E-state index contributed by atoms with van der Waals surface area (Å²) in [6, 6.07) is 4.72. The molecule has 2 fully saturated rings. The molecule has 2 unspecified atom stereocenters. The van der Waals surface area contributed by atoms with Crippen molar-refractivity contribution < 1.29 is 14.0 Å². The molecule has 104 valence electrons. The monoisotopic (exact) mass is 275 g/mol. The van der Waals surface area contributed by atoms with E-state index >= 15 is 0 Å². The number of hydrogen-bond donors (Lipinski definition) is 2. The Morgan fingerprint density at radius 3 is 3.25 bits per heavy atom. The molecule has 0 aromatic heterocycles. The first-order valence-electron chi connectivity index (χ1n) is 6.69. The van der Waals surface area contributed by atoms with E-state index in [1.165, 1.54) is 18.2 Å². The van der Waals surface area contributed by atoms with Gasteiger partial charge in [-0.15, -0.1) is 0 Å². The fraction of sp³-hybridized carbons (Fsp3) is 0.357. The van der Waals surface area contributed by atoms with Crippen LogP contribution in [0.5, 0.6) is 0 Å². The molecule has 0 bridgehead atoms. The molecule has 0 aliphatic carbocycles. The van der Waals surface area contributed by atoms with Crippen LogP contribution in [0.2, 0.25) is 0 Å². The van der Waals surface area contributed by atoms with Gasteiger partial charge >= 0.3 is 0 Å². The Kier molecular flexibility index (Phi) is 2.32. The third kappa shape index (κ3) is 1.31. The summed E-state index contributed by atoms with van der Waals surface area (Å²) >= 11 is 0. The molecule has 1 spiro atoms. The maximum absolute atomic E-state index is 13.4. The highest BCUT2D eigenvalue weighted by atomic mass is 19.1. The van der Waals surface area contributed by atoms with Gasteiger partial charge in [0.1, 0.15) is 17.9 Å². The number of carbonyl (C=O) groups excluding carboxylic acids is 1. The maximum Gasteiger partial charge on any atom is 0.216 e. The average molecular weight is 275 g/mol. The SMILES string of the molecule is O=CC=C1NOC23c4ccc(F)cc4NC2CCCN13. The van der Waals surface area contributed by atoms with Gasteiger partial charge in [0, 0.05) is 23.9 Å². The number of rotatable bonds is 1. The molecular formula is C14H14FN3O2. The number of benzene rings is 1. The van der Waals surface area contributed by atoms with Crippen LogP contribution in [-0.2, 0) is 15.4 Å². The minimum Gasteiger partial charge on any atom is -0.377 e. The molecule has 3 aliphatic rings. The third-order valence-corrected chi connectivity index (χ3v) is 4.27. The van der Waals surface area contributed by atoms with Gasteiger partial charge in [-0.2, -0.15) is 0 Å². The Morgan fingerprint density at radius 1 is 1.50 bits per heavy atom. The molecule has 6 heteroatoms. The molecule has 1 aromatic rings. The molecule has 0 saturated carbocycles. The minimum atomic E-state index is -0.684. The fourth-order valence-electron chi connectivity index (χ4n) is 3.50. The van der Waals surface area contributed by atoms with Gasteiger partial charge < -0.3 is 10.2 Å². The lowest BCUT2D eigenvalue weighted by atomic mass is 9.90. The molecule has 1 aromatic carbocycles. The van der Waals surface area contributed by atoms with E-state index in [9.17, 15) is 9.18 Å². The van der Waals surface area contributed by atoms with E-state index in [-0.39, 0.29) is 11.9 Å². The van der Waals surface area contributed by atoms with Crippen LogP contribution >= 0.6 is 0 Å². The highest BCUT2D eigenvalue weighted by Gasteiger charge is 2.58. The number of piperidine rings is 1. The topological polar surface area (TPSA) is 53.6 Å². The van der Waals surface area contributed by atoms with Crippen molar-refractivity contribution in [1.82, 2.24) is 10.4 Å². The van der Waals surface area contributed by atoms with Crippen molar-refractivity contribution in [2.75, 3.05) is 11.9 Å². The van der Waals surface area contributed by atoms with Crippen LogP contribution in [-0.4, -0.2) is 23.8 Å². The number of hydrogen-bond acceptors (Lipinski definition) is 5. The van der Waals surface area contributed by atoms with Crippen molar-refractivity contribution in [1.29, 1.82) is 0 Å². The number of anilines is 1. The van der Waals surface area contributed by atoms with Gasteiger partial charge in [0.05, 0.1) is 6.04 Å². The Morgan fingerprint density at radius 2 is 2.40 bits per heavy atom. The summed E-state index contributed by atoms with van der Waals surface area (Å²) in [5.41, 5.74) is 3.82. The zero-order valence-corrected chi connectivity index (χ0v) is 10.7. The zero-order chi connectivity index (χ0) is 13.7. The summed E-state index contributed by atoms with van der Waals surface area (Å²) in [5.74, 6) is 0.385. The van der Waals surface area contributed by atoms with Crippen molar-refractivity contribution in [3.63, 3.8) is 0 Å². The molecule has 2 N–H and O–H groups in total. The van der Waals surface area contributed by atoms with Crippen molar-refractivity contribution in [3.8, 4) is 0 Å². The second-order valence-corrected chi connectivity index (χ2v) is 5.27. The molecule has 5 nitrogen and oxygen atoms in total. The van der Waals surface area contributed by atoms with Gasteiger partial charge in [0.15, 0.2) is 0 Å². The van der Waals surface area contributed by atoms with Gasteiger partial charge in [-0.05, 0) is 31.0 Å². The number of nitrogens with one attached hydrogen (secondary N) is 2. The standard InChI is InChI=1S/C14H14FN3O2/c15-9-3-4-10-11(8-9)16-12-2-1-6-18-13(5-7-19)17-20-14(10,12)18/h3-5,7-8,12,16-17H,1-2,6H2. The summed E-state index contributed by atoms with van der Waals surface area (Å²) in [7, 11) is 0. The highest BCUT2D eigenvalue weighted by molar-refractivity contribution is 5.67. The lowest BCUT2D eigenvalue weighted by Crippen LogP contribution is -2.53. The van der Waals surface area contributed by atoms with Gasteiger partial charge in [-0.1, -0.05) is 0 Å². The van der Waals surface area contributed by atoms with E-state index in [1.54, 1.807) is 6.07 Å². The predicted molar refractivity (Wildman–Crippen MR) is 69.8 cm³/mol. The Hall–Kier alpha value is -2.08. The van der Waals surface area contributed by atoms with Crippen molar-refractivity contribution in [3.05, 3.63) is 41.5 Å². The number of fused-ring (bicyclic) bond motifs is 1. The van der Waals surface area contributed by atoms with Gasteiger partial charge in [-0.25, -0.2) is 14.7 Å². The summed E-state index contributed by atoms with van der Waals surface area (Å²) < 4.78 is 13.4. The molecule has 3 aliphatic heterocycles. The Bertz CT molecular complexity index is 618. The first-order valence-corrected chi connectivity index (χ1v) is 6.69. The summed E-state index contributed by atoms with van der Waals surface area (Å²) in [5, 5.41) is 3.34. The van der Waals surface area contributed by atoms with Crippen LogP contribution in [0.1, 0.15) is 18.4 Å². The number of carbonyl (C=O) groups is 1. The van der Waals surface area contributed by atoms with Crippen LogP contribution in [0.25, 0.3) is 0 Å². The maximum atomic E-state index is 13.4. The fourth-order valence-corrected chi connectivity index (χ4v) is 3.50. The average Bonchev–Trinajstić information content (AvgIpc) is 2.95. The normalized spacial score (nSPS) is 32.1.